The van der Waals surface area contributed by atoms with Crippen LogP contribution in [0.3, 0.4) is 0 Å². The molecule has 1 fully saturated rings. The van der Waals surface area contributed by atoms with E-state index >= 15 is 0 Å². The van der Waals surface area contributed by atoms with Crippen LogP contribution in [0.5, 0.6) is 11.6 Å². The number of nitrogens with one attached hydrogen (secondary N) is 1. The Labute approximate surface area is 198 Å². The second kappa shape index (κ2) is 9.81. The number of aryl methyl sites for hydroxylation is 1. The smallest absolute Gasteiger partial charge is 0.416 e. The second-order valence-electron chi connectivity index (χ2n) is 8.39. The lowest BCUT2D eigenvalue weighted by atomic mass is 9.99. The van der Waals surface area contributed by atoms with Gasteiger partial charge in [0.1, 0.15) is 23.2 Å². The highest BCUT2D eigenvalue weighted by Gasteiger charge is 2.31. The Morgan fingerprint density at radius 3 is 2.49 bits per heavy atom. The summed E-state index contributed by atoms with van der Waals surface area (Å²) in [6.45, 7) is 1.73. The van der Waals surface area contributed by atoms with Crippen LogP contribution in [0.4, 0.5) is 23.4 Å². The molecule has 4 rings (SSSR count). The first-order valence-corrected chi connectivity index (χ1v) is 10.9. The molecule has 1 aromatic carbocycles. The van der Waals surface area contributed by atoms with Crippen molar-refractivity contribution in [3.63, 3.8) is 0 Å². The van der Waals surface area contributed by atoms with Crippen LogP contribution in [0, 0.1) is 18.7 Å². The number of anilines is 1. The fraction of sp³-hybridized carbons (Fsp3) is 0.280. The monoisotopic (exact) mass is 487 g/mol. The Morgan fingerprint density at radius 1 is 1.06 bits per heavy atom. The Balaban J connectivity index is 1.40. The number of pyridine rings is 2. The van der Waals surface area contributed by atoms with Gasteiger partial charge in [0, 0.05) is 43.3 Å². The molecule has 0 bridgehead atoms. The van der Waals surface area contributed by atoms with Crippen molar-refractivity contribution in [3.05, 3.63) is 76.9 Å². The summed E-state index contributed by atoms with van der Waals surface area (Å²) in [4.78, 5) is 32.6. The summed E-state index contributed by atoms with van der Waals surface area (Å²) in [6, 6.07) is 6.79. The molecular weight excluding hydrogens is 466 g/mol. The number of halogens is 4. The molecule has 35 heavy (non-hydrogen) atoms. The fourth-order valence-electron chi connectivity index (χ4n) is 3.41. The summed E-state index contributed by atoms with van der Waals surface area (Å²) in [5, 5.41) is 2.73. The average Bonchev–Trinajstić information content (AvgIpc) is 3.62. The summed E-state index contributed by atoms with van der Waals surface area (Å²) in [6.07, 6.45) is -0.558. The Kier molecular flexibility index (Phi) is 6.81. The van der Waals surface area contributed by atoms with Crippen LogP contribution < -0.4 is 10.1 Å². The molecule has 1 N–H and O–H groups in total. The largest absolute Gasteiger partial charge is 0.439 e. The Bertz CT molecular complexity index is 1270. The number of aromatic nitrogens is 2. The number of nitrogens with zero attached hydrogens (tertiary/aromatic N) is 2. The van der Waals surface area contributed by atoms with Crippen molar-refractivity contribution in [2.45, 2.75) is 38.8 Å². The minimum Gasteiger partial charge on any atom is -0.439 e. The normalized spacial score (nSPS) is 13.4. The number of Topliss-reactive ketones (excluding diaryl/α,β-unsaturated/α-hetero) is 1. The summed E-state index contributed by atoms with van der Waals surface area (Å²) in [7, 11) is 0. The number of hydrogen-bond acceptors (Lipinski definition) is 5. The van der Waals surface area contributed by atoms with E-state index in [1.807, 2.05) is 0 Å². The van der Waals surface area contributed by atoms with Gasteiger partial charge in [0.25, 0.3) is 0 Å². The molecule has 6 nitrogen and oxygen atoms in total. The van der Waals surface area contributed by atoms with Crippen LogP contribution in [0.15, 0.2) is 48.8 Å². The zero-order valence-corrected chi connectivity index (χ0v) is 18.7. The Morgan fingerprint density at radius 2 is 1.80 bits per heavy atom. The highest BCUT2D eigenvalue weighted by molar-refractivity contribution is 5.93. The van der Waals surface area contributed by atoms with Crippen LogP contribution in [0.1, 0.15) is 35.1 Å². The molecule has 1 saturated carbocycles. The van der Waals surface area contributed by atoms with Crippen LogP contribution in [-0.2, 0) is 28.6 Å². The van der Waals surface area contributed by atoms with E-state index in [4.69, 9.17) is 4.74 Å². The molecule has 2 aromatic heterocycles. The minimum atomic E-state index is -4.62. The molecule has 0 spiro atoms. The highest BCUT2D eigenvalue weighted by Crippen LogP contribution is 2.31. The summed E-state index contributed by atoms with van der Waals surface area (Å²) in [5.74, 6) is -0.356. The predicted octanol–water partition coefficient (Wildman–Crippen LogP) is 5.44. The quantitative estimate of drug-likeness (QED) is 0.428. The third kappa shape index (κ3) is 6.40. The third-order valence-corrected chi connectivity index (χ3v) is 5.50. The molecule has 1 amide bonds. The van der Waals surface area contributed by atoms with E-state index < -0.39 is 29.8 Å². The zero-order chi connectivity index (χ0) is 25.2. The maximum absolute atomic E-state index is 14.0. The molecule has 0 atom stereocenters. The van der Waals surface area contributed by atoms with Crippen LogP contribution in [0.25, 0.3) is 0 Å². The maximum Gasteiger partial charge on any atom is 0.416 e. The van der Waals surface area contributed by atoms with Gasteiger partial charge in [0.15, 0.2) is 0 Å². The maximum atomic E-state index is 14.0. The molecule has 0 unspecified atom stereocenters. The van der Waals surface area contributed by atoms with E-state index in [-0.39, 0.29) is 29.7 Å². The zero-order valence-electron chi connectivity index (χ0n) is 18.7. The van der Waals surface area contributed by atoms with Crippen molar-refractivity contribution in [3.8, 4) is 11.6 Å². The SMILES string of the molecule is Cc1cc(Oc2ccnc(NC(=O)C3CC3)c2)ncc1CC(=O)Cc1cc(C(F)(F)F)ccc1F. The van der Waals surface area contributed by atoms with E-state index in [1.54, 1.807) is 25.1 Å². The molecule has 1 aliphatic carbocycles. The van der Waals surface area contributed by atoms with Gasteiger partial charge in [0.2, 0.25) is 11.8 Å². The fourth-order valence-corrected chi connectivity index (χ4v) is 3.41. The summed E-state index contributed by atoms with van der Waals surface area (Å²) in [5.41, 5.74) is -0.101. The standard InChI is InChI=1S/C25H21F4N3O3/c1-14-8-23(35-20-6-7-30-22(12-20)32-24(34)15-2-3-15)31-13-17(14)11-19(33)10-16-9-18(25(27,28)29)4-5-21(16)26/h4-9,12-13,15H,2-3,10-11H2,1H3,(H,30,32,34). The first-order chi connectivity index (χ1) is 16.6. The second-order valence-corrected chi connectivity index (χ2v) is 8.39. The lowest BCUT2D eigenvalue weighted by Gasteiger charge is -2.11. The van der Waals surface area contributed by atoms with Gasteiger partial charge in [0.05, 0.1) is 5.56 Å². The van der Waals surface area contributed by atoms with Gasteiger partial charge < -0.3 is 10.1 Å². The van der Waals surface area contributed by atoms with Crippen LogP contribution in [0.2, 0.25) is 0 Å². The first kappa shape index (κ1) is 24.3. The van der Waals surface area contributed by atoms with Crippen molar-refractivity contribution in [1.82, 2.24) is 9.97 Å². The summed E-state index contributed by atoms with van der Waals surface area (Å²) < 4.78 is 58.4. The highest BCUT2D eigenvalue weighted by atomic mass is 19.4. The Hall–Kier alpha value is -3.82. The number of carbonyl (C=O) groups excluding carboxylic acids is 2. The van der Waals surface area contributed by atoms with Crippen LogP contribution in [-0.4, -0.2) is 21.7 Å². The lowest BCUT2D eigenvalue weighted by Crippen LogP contribution is -2.14. The average molecular weight is 487 g/mol. The van der Waals surface area contributed by atoms with Crippen LogP contribution >= 0.6 is 0 Å². The number of alkyl halides is 3. The van der Waals surface area contributed by atoms with E-state index in [1.165, 1.54) is 12.4 Å². The summed E-state index contributed by atoms with van der Waals surface area (Å²) >= 11 is 0. The van der Waals surface area contributed by atoms with Gasteiger partial charge in [-0.25, -0.2) is 14.4 Å². The molecule has 182 valence electrons. The molecule has 10 heteroatoms. The number of benzene rings is 1. The number of amides is 1. The number of rotatable bonds is 8. The van der Waals surface area contributed by atoms with Gasteiger partial charge in [-0.2, -0.15) is 13.2 Å². The molecule has 0 aliphatic heterocycles. The van der Waals surface area contributed by atoms with Gasteiger partial charge in [-0.15, -0.1) is 0 Å². The van der Waals surface area contributed by atoms with Crippen molar-refractivity contribution in [1.29, 1.82) is 0 Å². The number of ketones is 1. The molecular formula is C25H21F4N3O3. The minimum absolute atomic E-state index is 0.0334. The topological polar surface area (TPSA) is 81.2 Å². The van der Waals surface area contributed by atoms with E-state index in [0.29, 0.717) is 40.9 Å². The lowest BCUT2D eigenvalue weighted by molar-refractivity contribution is -0.137. The van der Waals surface area contributed by atoms with E-state index in [2.05, 4.69) is 15.3 Å². The molecule has 1 aliphatic rings. The molecule has 0 radical (unpaired) electrons. The van der Waals surface area contributed by atoms with E-state index in [9.17, 15) is 27.2 Å². The van der Waals surface area contributed by atoms with Crippen molar-refractivity contribution in [2.75, 3.05) is 5.32 Å². The first-order valence-electron chi connectivity index (χ1n) is 10.9. The molecule has 2 heterocycles. The molecule has 3 aromatic rings. The van der Waals surface area contributed by atoms with Gasteiger partial charge in [-0.3, -0.25) is 9.59 Å². The third-order valence-electron chi connectivity index (χ3n) is 5.50. The molecule has 0 saturated heterocycles. The van der Waals surface area contributed by atoms with Crippen molar-refractivity contribution >= 4 is 17.5 Å². The number of ether oxygens (including phenoxy) is 1. The predicted molar refractivity (Wildman–Crippen MR) is 118 cm³/mol. The number of hydrogen-bond donors (Lipinski definition) is 1. The van der Waals surface area contributed by atoms with Gasteiger partial charge >= 0.3 is 6.18 Å². The van der Waals surface area contributed by atoms with Gasteiger partial charge in [-0.05, 0) is 60.7 Å². The number of carbonyl (C=O) groups is 2. The van der Waals surface area contributed by atoms with Crippen molar-refractivity contribution < 1.29 is 31.9 Å². The van der Waals surface area contributed by atoms with Crippen molar-refractivity contribution in [2.24, 2.45) is 5.92 Å². The van der Waals surface area contributed by atoms with E-state index in [0.717, 1.165) is 12.8 Å². The van der Waals surface area contributed by atoms with Gasteiger partial charge in [-0.1, -0.05) is 0 Å².